The first-order valence-corrected chi connectivity index (χ1v) is 12.3. The molecule has 8 heteroatoms. The number of hydrogen-bond donors (Lipinski definition) is 1. The van der Waals surface area contributed by atoms with Crippen LogP contribution in [-0.2, 0) is 9.59 Å². The monoisotopic (exact) mass is 497 g/mol. The van der Waals surface area contributed by atoms with Gasteiger partial charge in [0.15, 0.2) is 5.57 Å². The number of carboxylic acids is 1. The van der Waals surface area contributed by atoms with Crippen molar-refractivity contribution in [1.82, 2.24) is 4.90 Å². The predicted octanol–water partition coefficient (Wildman–Crippen LogP) is 5.10. The fourth-order valence-corrected chi connectivity index (χ4v) is 4.03. The molecule has 1 aliphatic heterocycles. The van der Waals surface area contributed by atoms with E-state index < -0.39 is 11.9 Å². The summed E-state index contributed by atoms with van der Waals surface area (Å²) in [5.74, 6) is -1.23. The average molecular weight is 498 g/mol. The number of aliphatic carboxylic acids is 1. The molecule has 1 amide bonds. The van der Waals surface area contributed by atoms with E-state index >= 15 is 0 Å². The summed E-state index contributed by atoms with van der Waals surface area (Å²) in [4.78, 5) is 27.2. The SMILES string of the molecule is C=CCN1C(=O)C(/C=C/c2ccc(N(CCCC)CCCCCC(=O)O)cc2)=C(C#N)C1=C(C#N)C#N. The number of carbonyl (C=O) groups excluding carboxylic acids is 1. The highest BCUT2D eigenvalue weighted by atomic mass is 16.4. The largest absolute Gasteiger partial charge is 0.481 e. The maximum Gasteiger partial charge on any atom is 0.303 e. The van der Waals surface area contributed by atoms with Gasteiger partial charge in [-0.15, -0.1) is 6.58 Å². The Kier molecular flexibility index (Phi) is 11.4. The Morgan fingerprint density at radius 1 is 1.05 bits per heavy atom. The third-order valence-corrected chi connectivity index (χ3v) is 5.94. The second-order valence-electron chi connectivity index (χ2n) is 8.52. The molecule has 8 nitrogen and oxygen atoms in total. The molecule has 37 heavy (non-hydrogen) atoms. The van der Waals surface area contributed by atoms with Crippen LogP contribution in [0.3, 0.4) is 0 Å². The summed E-state index contributed by atoms with van der Waals surface area (Å²) in [7, 11) is 0. The second-order valence-corrected chi connectivity index (χ2v) is 8.52. The minimum absolute atomic E-state index is 0.00791. The molecule has 0 atom stereocenters. The molecule has 0 aromatic heterocycles. The minimum atomic E-state index is -0.764. The van der Waals surface area contributed by atoms with Crippen LogP contribution < -0.4 is 4.90 Å². The Morgan fingerprint density at radius 2 is 1.73 bits per heavy atom. The van der Waals surface area contributed by atoms with Crippen LogP contribution in [0.5, 0.6) is 0 Å². The Labute approximate surface area is 218 Å². The summed E-state index contributed by atoms with van der Waals surface area (Å²) in [5, 5.41) is 37.2. The number of allylic oxidation sites excluding steroid dienone is 2. The second kappa shape index (κ2) is 14.7. The van der Waals surface area contributed by atoms with Gasteiger partial charge in [-0.05, 0) is 43.0 Å². The van der Waals surface area contributed by atoms with Crippen molar-refractivity contribution in [2.24, 2.45) is 0 Å². The van der Waals surface area contributed by atoms with Gasteiger partial charge in [-0.25, -0.2) is 0 Å². The minimum Gasteiger partial charge on any atom is -0.481 e. The van der Waals surface area contributed by atoms with Crippen LogP contribution in [0.2, 0.25) is 0 Å². The Balaban J connectivity index is 2.24. The van der Waals surface area contributed by atoms with Crippen LogP contribution in [0.25, 0.3) is 6.08 Å². The zero-order valence-electron chi connectivity index (χ0n) is 21.1. The number of hydrogen-bond acceptors (Lipinski definition) is 6. The normalized spacial score (nSPS) is 12.9. The topological polar surface area (TPSA) is 132 Å². The summed E-state index contributed by atoms with van der Waals surface area (Å²) >= 11 is 0. The van der Waals surface area contributed by atoms with Gasteiger partial charge >= 0.3 is 5.97 Å². The van der Waals surface area contributed by atoms with Gasteiger partial charge in [-0.3, -0.25) is 9.59 Å². The molecule has 1 N–H and O–H groups in total. The van der Waals surface area contributed by atoms with E-state index in [2.05, 4.69) is 18.4 Å². The lowest BCUT2D eigenvalue weighted by atomic mass is 10.1. The van der Waals surface area contributed by atoms with Crippen molar-refractivity contribution in [2.45, 2.75) is 45.4 Å². The van der Waals surface area contributed by atoms with Crippen molar-refractivity contribution in [3.63, 3.8) is 0 Å². The van der Waals surface area contributed by atoms with Crippen molar-refractivity contribution >= 4 is 23.6 Å². The molecule has 1 heterocycles. The Bertz CT molecular complexity index is 1200. The molecule has 1 aliphatic rings. The van der Waals surface area contributed by atoms with E-state index in [1.165, 1.54) is 11.0 Å². The van der Waals surface area contributed by atoms with Crippen LogP contribution in [-0.4, -0.2) is 41.5 Å². The summed E-state index contributed by atoms with van der Waals surface area (Å²) in [6.07, 6.45) is 9.50. The summed E-state index contributed by atoms with van der Waals surface area (Å²) in [6, 6.07) is 13.4. The van der Waals surface area contributed by atoms with Gasteiger partial charge in [0, 0.05) is 31.7 Å². The quantitative estimate of drug-likeness (QED) is 0.215. The fraction of sp³-hybridized carbons (Fsp3) is 0.345. The van der Waals surface area contributed by atoms with Crippen LogP contribution >= 0.6 is 0 Å². The number of nitriles is 3. The molecule has 1 aromatic carbocycles. The summed E-state index contributed by atoms with van der Waals surface area (Å²) in [6.45, 7) is 7.58. The van der Waals surface area contributed by atoms with Crippen molar-refractivity contribution in [1.29, 1.82) is 15.8 Å². The Morgan fingerprint density at radius 3 is 2.30 bits per heavy atom. The number of amides is 1. The third-order valence-electron chi connectivity index (χ3n) is 5.94. The molecule has 1 aromatic rings. The standard InChI is InChI=1S/C29H31N5O3/c1-3-5-17-33(18-8-6-7-9-27(35)36)24-13-10-22(11-14-24)12-15-25-26(21-32)28(23(19-30)20-31)34(16-4-2)29(25)37/h4,10-15H,2-3,5-9,16-18H2,1H3,(H,35,36)/b15-12+. The molecule has 0 saturated carbocycles. The van der Waals surface area contributed by atoms with E-state index in [9.17, 15) is 25.4 Å². The lowest BCUT2D eigenvalue weighted by molar-refractivity contribution is -0.137. The zero-order valence-corrected chi connectivity index (χ0v) is 21.1. The fourth-order valence-electron chi connectivity index (χ4n) is 4.03. The lowest BCUT2D eigenvalue weighted by Gasteiger charge is -2.25. The van der Waals surface area contributed by atoms with Gasteiger partial charge in [-0.1, -0.05) is 44.1 Å². The van der Waals surface area contributed by atoms with Gasteiger partial charge in [0.25, 0.3) is 5.91 Å². The molecule has 0 fully saturated rings. The van der Waals surface area contributed by atoms with Crippen molar-refractivity contribution in [3.8, 4) is 18.2 Å². The van der Waals surface area contributed by atoms with E-state index in [-0.39, 0.29) is 35.4 Å². The van der Waals surface area contributed by atoms with E-state index in [1.807, 2.05) is 30.3 Å². The highest BCUT2D eigenvalue weighted by molar-refractivity contribution is 6.05. The number of unbranched alkanes of at least 4 members (excludes halogenated alkanes) is 3. The molecule has 0 spiro atoms. The highest BCUT2D eigenvalue weighted by Crippen LogP contribution is 2.32. The first-order valence-electron chi connectivity index (χ1n) is 12.3. The maximum absolute atomic E-state index is 13.0. The first kappa shape index (κ1) is 28.6. The van der Waals surface area contributed by atoms with Crippen LogP contribution in [0.1, 0.15) is 51.0 Å². The van der Waals surface area contributed by atoms with Gasteiger partial charge < -0.3 is 14.9 Å². The number of rotatable bonds is 14. The third kappa shape index (κ3) is 7.69. The van der Waals surface area contributed by atoms with E-state index in [0.717, 1.165) is 50.0 Å². The molecule has 0 unspecified atom stereocenters. The maximum atomic E-state index is 13.0. The molecule has 2 rings (SSSR count). The molecule has 0 bridgehead atoms. The number of anilines is 1. The van der Waals surface area contributed by atoms with Crippen molar-refractivity contribution in [2.75, 3.05) is 24.5 Å². The number of carbonyl (C=O) groups is 2. The van der Waals surface area contributed by atoms with E-state index in [1.54, 1.807) is 24.3 Å². The predicted molar refractivity (Wildman–Crippen MR) is 142 cm³/mol. The summed E-state index contributed by atoms with van der Waals surface area (Å²) in [5.41, 5.74) is 1.72. The molecule has 0 radical (unpaired) electrons. The van der Waals surface area contributed by atoms with E-state index in [4.69, 9.17) is 5.11 Å². The lowest BCUT2D eigenvalue weighted by Crippen LogP contribution is -2.26. The van der Waals surface area contributed by atoms with Crippen LogP contribution in [0.15, 0.2) is 65.4 Å². The number of benzene rings is 1. The van der Waals surface area contributed by atoms with E-state index in [0.29, 0.717) is 6.42 Å². The van der Waals surface area contributed by atoms with Crippen LogP contribution in [0, 0.1) is 34.0 Å². The molecular weight excluding hydrogens is 466 g/mol. The van der Waals surface area contributed by atoms with Gasteiger partial charge in [-0.2, -0.15) is 15.8 Å². The molecule has 0 saturated heterocycles. The number of carboxylic acid groups (broad SMARTS) is 1. The average Bonchev–Trinajstić information content (AvgIpc) is 3.16. The Hall–Kier alpha value is -4.61. The smallest absolute Gasteiger partial charge is 0.303 e. The molecule has 190 valence electrons. The van der Waals surface area contributed by atoms with Crippen molar-refractivity contribution in [3.05, 3.63) is 71.0 Å². The van der Waals surface area contributed by atoms with Crippen molar-refractivity contribution < 1.29 is 14.7 Å². The van der Waals surface area contributed by atoms with Gasteiger partial charge in [0.1, 0.15) is 18.2 Å². The molecule has 0 aliphatic carbocycles. The highest BCUT2D eigenvalue weighted by Gasteiger charge is 2.35. The summed E-state index contributed by atoms with van der Waals surface area (Å²) < 4.78 is 0. The van der Waals surface area contributed by atoms with Gasteiger partial charge in [0.05, 0.1) is 16.8 Å². The zero-order chi connectivity index (χ0) is 27.2. The first-order chi connectivity index (χ1) is 17.9. The molecular formula is C29H31N5O3. The number of nitrogens with zero attached hydrogens (tertiary/aromatic N) is 5. The van der Waals surface area contributed by atoms with Gasteiger partial charge in [0.2, 0.25) is 0 Å². The van der Waals surface area contributed by atoms with Crippen LogP contribution in [0.4, 0.5) is 5.69 Å².